The van der Waals surface area contributed by atoms with Crippen molar-refractivity contribution in [2.45, 2.75) is 83.7 Å². The van der Waals surface area contributed by atoms with E-state index in [-0.39, 0.29) is 0 Å². The number of rotatable bonds is 6. The molecule has 2 fully saturated rings. The Morgan fingerprint density at radius 3 is 2.20 bits per heavy atom. The van der Waals surface area contributed by atoms with Crippen LogP contribution in [0, 0.1) is 11.8 Å². The first kappa shape index (κ1) is 16.3. The molecule has 2 aliphatic carbocycles. The Labute approximate surface area is 126 Å². The molecule has 2 unspecified atom stereocenters. The van der Waals surface area contributed by atoms with E-state index in [4.69, 9.17) is 0 Å². The molecule has 20 heavy (non-hydrogen) atoms. The summed E-state index contributed by atoms with van der Waals surface area (Å²) in [7, 11) is 2.34. The van der Waals surface area contributed by atoms with Crippen molar-refractivity contribution < 1.29 is 0 Å². The third kappa shape index (κ3) is 4.73. The molecule has 0 heterocycles. The normalized spacial score (nSPS) is 32.7. The number of nitrogens with one attached hydrogen (secondary N) is 1. The smallest absolute Gasteiger partial charge is 0.0118 e. The summed E-state index contributed by atoms with van der Waals surface area (Å²) >= 11 is 0. The van der Waals surface area contributed by atoms with Crippen molar-refractivity contribution in [2.75, 3.05) is 20.1 Å². The maximum absolute atomic E-state index is 3.85. The number of nitrogens with zero attached hydrogens (tertiary/aromatic N) is 1. The number of hydrogen-bond acceptors (Lipinski definition) is 2. The standard InChI is InChI=1S/C18H36N2/c1-15-9-7-10-16(2)18(15)19-13-8-14-20(3)17-11-5-4-6-12-17/h15-19H,4-14H2,1-3H3. The van der Waals surface area contributed by atoms with Crippen LogP contribution in [0.3, 0.4) is 0 Å². The van der Waals surface area contributed by atoms with Crippen molar-refractivity contribution in [3.8, 4) is 0 Å². The van der Waals surface area contributed by atoms with Crippen LogP contribution >= 0.6 is 0 Å². The molecule has 0 aliphatic heterocycles. The van der Waals surface area contributed by atoms with Gasteiger partial charge in [0.15, 0.2) is 0 Å². The first-order valence-electron chi connectivity index (χ1n) is 9.12. The van der Waals surface area contributed by atoms with E-state index in [2.05, 4.69) is 31.1 Å². The molecule has 2 saturated carbocycles. The van der Waals surface area contributed by atoms with E-state index < -0.39 is 0 Å². The van der Waals surface area contributed by atoms with Crippen LogP contribution in [0.1, 0.15) is 71.6 Å². The second kappa shape index (κ2) is 8.38. The van der Waals surface area contributed by atoms with E-state index in [9.17, 15) is 0 Å². The first-order chi connectivity index (χ1) is 9.68. The molecular weight excluding hydrogens is 244 g/mol. The van der Waals surface area contributed by atoms with Gasteiger partial charge in [0, 0.05) is 12.1 Å². The topological polar surface area (TPSA) is 15.3 Å². The molecule has 0 bridgehead atoms. The van der Waals surface area contributed by atoms with Gasteiger partial charge in [0.2, 0.25) is 0 Å². The molecule has 0 spiro atoms. The van der Waals surface area contributed by atoms with Gasteiger partial charge in [-0.3, -0.25) is 0 Å². The molecule has 0 aromatic carbocycles. The van der Waals surface area contributed by atoms with Crippen molar-refractivity contribution in [1.82, 2.24) is 10.2 Å². The second-order valence-electron chi connectivity index (χ2n) is 7.49. The lowest BCUT2D eigenvalue weighted by Gasteiger charge is -2.36. The average molecular weight is 280 g/mol. The molecule has 2 heteroatoms. The summed E-state index contributed by atoms with van der Waals surface area (Å²) in [4.78, 5) is 2.62. The lowest BCUT2D eigenvalue weighted by molar-refractivity contribution is 0.180. The van der Waals surface area contributed by atoms with Gasteiger partial charge in [-0.25, -0.2) is 0 Å². The SMILES string of the molecule is CC1CCCC(C)C1NCCCN(C)C1CCCCC1. The van der Waals surface area contributed by atoms with Crippen LogP contribution in [0.2, 0.25) is 0 Å². The van der Waals surface area contributed by atoms with Crippen LogP contribution in [0.25, 0.3) is 0 Å². The Morgan fingerprint density at radius 1 is 0.900 bits per heavy atom. The van der Waals surface area contributed by atoms with Gasteiger partial charge < -0.3 is 10.2 Å². The van der Waals surface area contributed by atoms with Crippen molar-refractivity contribution in [3.63, 3.8) is 0 Å². The van der Waals surface area contributed by atoms with E-state index in [1.807, 2.05) is 0 Å². The minimum Gasteiger partial charge on any atom is -0.313 e. The third-order valence-electron chi connectivity index (χ3n) is 5.81. The quantitative estimate of drug-likeness (QED) is 0.738. The molecule has 0 radical (unpaired) electrons. The average Bonchev–Trinajstić information content (AvgIpc) is 2.46. The van der Waals surface area contributed by atoms with Crippen LogP contribution in [0.5, 0.6) is 0 Å². The first-order valence-corrected chi connectivity index (χ1v) is 9.12. The molecule has 2 rings (SSSR count). The van der Waals surface area contributed by atoms with Gasteiger partial charge >= 0.3 is 0 Å². The fraction of sp³-hybridized carbons (Fsp3) is 1.00. The lowest BCUT2D eigenvalue weighted by atomic mass is 9.79. The molecule has 2 nitrogen and oxygen atoms in total. The summed E-state index contributed by atoms with van der Waals surface area (Å²) in [5, 5.41) is 3.85. The summed E-state index contributed by atoms with van der Waals surface area (Å²) < 4.78 is 0. The fourth-order valence-electron chi connectivity index (χ4n) is 4.39. The van der Waals surface area contributed by atoms with E-state index >= 15 is 0 Å². The van der Waals surface area contributed by atoms with E-state index in [1.54, 1.807) is 0 Å². The molecule has 2 atom stereocenters. The Kier molecular flexibility index (Phi) is 6.83. The Balaban J connectivity index is 1.60. The zero-order chi connectivity index (χ0) is 14.4. The zero-order valence-electron chi connectivity index (χ0n) is 14.0. The van der Waals surface area contributed by atoms with Gasteiger partial charge in [-0.05, 0) is 64.1 Å². The minimum absolute atomic E-state index is 0.767. The predicted molar refractivity (Wildman–Crippen MR) is 88.1 cm³/mol. The van der Waals surface area contributed by atoms with E-state index in [0.29, 0.717) is 0 Å². The molecule has 0 aromatic heterocycles. The Morgan fingerprint density at radius 2 is 1.55 bits per heavy atom. The Hall–Kier alpha value is -0.0800. The highest BCUT2D eigenvalue weighted by atomic mass is 15.1. The minimum atomic E-state index is 0.767. The second-order valence-corrected chi connectivity index (χ2v) is 7.49. The largest absolute Gasteiger partial charge is 0.313 e. The molecule has 1 N–H and O–H groups in total. The monoisotopic (exact) mass is 280 g/mol. The van der Waals surface area contributed by atoms with Gasteiger partial charge in [0.05, 0.1) is 0 Å². The summed E-state index contributed by atoms with van der Waals surface area (Å²) in [6, 6.07) is 1.64. The lowest BCUT2D eigenvalue weighted by Crippen LogP contribution is -2.44. The van der Waals surface area contributed by atoms with Crippen LogP contribution in [-0.4, -0.2) is 37.1 Å². The number of hydrogen-bond donors (Lipinski definition) is 1. The molecule has 118 valence electrons. The van der Waals surface area contributed by atoms with E-state index in [1.165, 1.54) is 70.9 Å². The molecule has 0 aromatic rings. The van der Waals surface area contributed by atoms with Crippen molar-refractivity contribution in [2.24, 2.45) is 11.8 Å². The van der Waals surface area contributed by atoms with Crippen LogP contribution in [0.15, 0.2) is 0 Å². The van der Waals surface area contributed by atoms with Crippen LogP contribution < -0.4 is 5.32 Å². The highest BCUT2D eigenvalue weighted by Crippen LogP contribution is 2.28. The van der Waals surface area contributed by atoms with Gasteiger partial charge in [-0.1, -0.05) is 39.5 Å². The molecule has 0 saturated heterocycles. The summed E-state index contributed by atoms with van der Waals surface area (Å²) in [5.41, 5.74) is 0. The third-order valence-corrected chi connectivity index (χ3v) is 5.81. The predicted octanol–water partition coefficient (Wildman–Crippen LogP) is 4.06. The Bertz CT molecular complexity index is 250. The van der Waals surface area contributed by atoms with Crippen LogP contribution in [0.4, 0.5) is 0 Å². The maximum Gasteiger partial charge on any atom is 0.0118 e. The molecule has 2 aliphatic rings. The van der Waals surface area contributed by atoms with E-state index in [0.717, 1.165) is 23.9 Å². The van der Waals surface area contributed by atoms with Gasteiger partial charge in [-0.15, -0.1) is 0 Å². The highest BCUT2D eigenvalue weighted by Gasteiger charge is 2.26. The van der Waals surface area contributed by atoms with Crippen LogP contribution in [-0.2, 0) is 0 Å². The fourth-order valence-corrected chi connectivity index (χ4v) is 4.39. The molecular formula is C18H36N2. The summed E-state index contributed by atoms with van der Waals surface area (Å²) in [6.07, 6.45) is 12.8. The summed E-state index contributed by atoms with van der Waals surface area (Å²) in [5.74, 6) is 1.74. The van der Waals surface area contributed by atoms with Gasteiger partial charge in [0.1, 0.15) is 0 Å². The van der Waals surface area contributed by atoms with Crippen molar-refractivity contribution >= 4 is 0 Å². The van der Waals surface area contributed by atoms with Crippen molar-refractivity contribution in [3.05, 3.63) is 0 Å². The highest BCUT2D eigenvalue weighted by molar-refractivity contribution is 4.83. The van der Waals surface area contributed by atoms with Gasteiger partial charge in [-0.2, -0.15) is 0 Å². The van der Waals surface area contributed by atoms with Crippen molar-refractivity contribution in [1.29, 1.82) is 0 Å². The zero-order valence-corrected chi connectivity index (χ0v) is 14.0. The molecule has 0 amide bonds. The summed E-state index contributed by atoms with van der Waals surface area (Å²) in [6.45, 7) is 7.34. The van der Waals surface area contributed by atoms with Gasteiger partial charge in [0.25, 0.3) is 0 Å². The maximum atomic E-state index is 3.85.